The number of piperidine rings is 1. The van der Waals surface area contributed by atoms with Crippen molar-refractivity contribution in [1.29, 1.82) is 0 Å². The summed E-state index contributed by atoms with van der Waals surface area (Å²) in [5.41, 5.74) is 0. The summed E-state index contributed by atoms with van der Waals surface area (Å²) in [6, 6.07) is 0.741. The van der Waals surface area contributed by atoms with Crippen LogP contribution in [0.15, 0.2) is 0 Å². The molecule has 0 aromatic carbocycles. The molecule has 1 rings (SSSR count). The number of hydrogen-bond acceptors (Lipinski definition) is 1. The first-order valence-electron chi connectivity index (χ1n) is 7.39. The third-order valence-corrected chi connectivity index (χ3v) is 3.37. The van der Waals surface area contributed by atoms with E-state index in [2.05, 4.69) is 32.6 Å². The van der Waals surface area contributed by atoms with Crippen molar-refractivity contribution in [2.24, 2.45) is 11.8 Å². The Bertz CT molecular complexity index is 131. The quantitative estimate of drug-likeness (QED) is 0.656. The topological polar surface area (TPSA) is 3.24 Å². The van der Waals surface area contributed by atoms with Gasteiger partial charge in [-0.15, -0.1) is 0 Å². The zero-order chi connectivity index (χ0) is 13.1. The van der Waals surface area contributed by atoms with Gasteiger partial charge in [0.25, 0.3) is 0 Å². The van der Waals surface area contributed by atoms with E-state index < -0.39 is 0 Å². The van der Waals surface area contributed by atoms with E-state index in [-0.39, 0.29) is 0 Å². The van der Waals surface area contributed by atoms with E-state index in [1.165, 1.54) is 25.9 Å². The third-order valence-electron chi connectivity index (χ3n) is 3.37. The minimum absolute atomic E-state index is 0.741. The lowest BCUT2D eigenvalue weighted by atomic mass is 9.84. The molecule has 0 aromatic heterocycles. The minimum atomic E-state index is 0.741. The number of hydrogen-bond donors (Lipinski definition) is 0. The van der Waals surface area contributed by atoms with E-state index in [9.17, 15) is 0 Å². The van der Waals surface area contributed by atoms with Crippen molar-refractivity contribution in [3.05, 3.63) is 0 Å². The predicted molar refractivity (Wildman–Crippen MR) is 77.0 cm³/mol. The molecule has 2 unspecified atom stereocenters. The predicted octanol–water partition coefficient (Wildman–Crippen LogP) is 4.82. The molecule has 1 heteroatoms. The summed E-state index contributed by atoms with van der Waals surface area (Å²) in [6.07, 6.45) is 2.78. The van der Waals surface area contributed by atoms with Crippen molar-refractivity contribution >= 4 is 0 Å². The van der Waals surface area contributed by atoms with Crippen molar-refractivity contribution in [3.8, 4) is 0 Å². The van der Waals surface area contributed by atoms with E-state index in [4.69, 9.17) is 0 Å². The summed E-state index contributed by atoms with van der Waals surface area (Å²) in [7, 11) is 0. The Morgan fingerprint density at radius 3 is 1.94 bits per heavy atom. The van der Waals surface area contributed by atoms with Crippen molar-refractivity contribution in [2.45, 2.75) is 74.3 Å². The van der Waals surface area contributed by atoms with Gasteiger partial charge in [0.1, 0.15) is 0 Å². The molecule has 0 spiro atoms. The fourth-order valence-corrected chi connectivity index (χ4v) is 2.30. The van der Waals surface area contributed by atoms with Crippen LogP contribution in [0.25, 0.3) is 0 Å². The Kier molecular flexibility index (Phi) is 13.1. The molecule has 1 nitrogen and oxygen atoms in total. The summed E-state index contributed by atoms with van der Waals surface area (Å²) in [4.78, 5) is 2.61. The molecule has 0 N–H and O–H groups in total. The first kappa shape index (κ1) is 18.3. The molecular formula is C15H35N. The van der Waals surface area contributed by atoms with Gasteiger partial charge in [-0.1, -0.05) is 48.0 Å². The Hall–Kier alpha value is -0.0400. The molecule has 100 valence electrons. The number of likely N-dealkylation sites (tertiary alicyclic amines) is 1. The van der Waals surface area contributed by atoms with E-state index in [1.54, 1.807) is 0 Å². The fourth-order valence-electron chi connectivity index (χ4n) is 2.30. The molecule has 0 bridgehead atoms. The lowest BCUT2D eigenvalue weighted by Crippen LogP contribution is -2.42. The monoisotopic (exact) mass is 229 g/mol. The molecule has 0 radical (unpaired) electrons. The van der Waals surface area contributed by atoms with Gasteiger partial charge in [0.05, 0.1) is 0 Å². The second kappa shape index (κ2) is 11.4. The second-order valence-electron chi connectivity index (χ2n) is 4.52. The molecule has 1 aliphatic rings. The lowest BCUT2D eigenvalue weighted by molar-refractivity contribution is 0.100. The van der Waals surface area contributed by atoms with Gasteiger partial charge in [0.15, 0.2) is 0 Å². The average Bonchev–Trinajstić information content (AvgIpc) is 2.34. The van der Waals surface area contributed by atoms with Crippen LogP contribution in [-0.4, -0.2) is 24.0 Å². The van der Waals surface area contributed by atoms with Crippen LogP contribution >= 0.6 is 0 Å². The molecule has 0 amide bonds. The van der Waals surface area contributed by atoms with Crippen LogP contribution in [0.3, 0.4) is 0 Å². The van der Waals surface area contributed by atoms with Crippen molar-refractivity contribution < 1.29 is 0 Å². The Morgan fingerprint density at radius 2 is 1.62 bits per heavy atom. The number of rotatable bonds is 2. The summed E-state index contributed by atoms with van der Waals surface area (Å²) >= 11 is 0. The van der Waals surface area contributed by atoms with Crippen molar-refractivity contribution in [2.75, 3.05) is 13.1 Å². The molecule has 1 fully saturated rings. The smallest absolute Gasteiger partial charge is 0.00387 e. The van der Waals surface area contributed by atoms with Crippen LogP contribution in [0.1, 0.15) is 68.2 Å². The van der Waals surface area contributed by atoms with Gasteiger partial charge in [-0.05, 0) is 38.6 Å². The highest BCUT2D eigenvalue weighted by Crippen LogP contribution is 2.26. The summed E-state index contributed by atoms with van der Waals surface area (Å²) < 4.78 is 0. The molecule has 1 saturated heterocycles. The molecule has 16 heavy (non-hydrogen) atoms. The molecule has 1 aliphatic heterocycles. The number of nitrogens with zero attached hydrogens (tertiary/aromatic N) is 1. The summed E-state index contributed by atoms with van der Waals surface area (Å²) in [6.45, 7) is 20.0. The maximum Gasteiger partial charge on any atom is 0.00387 e. The molecule has 0 aromatic rings. The van der Waals surface area contributed by atoms with Crippen LogP contribution in [0.4, 0.5) is 0 Å². The largest absolute Gasteiger partial charge is 0.301 e. The van der Waals surface area contributed by atoms with Crippen LogP contribution in [0.2, 0.25) is 0 Å². The fraction of sp³-hybridized carbons (Fsp3) is 1.00. The molecule has 0 saturated carbocycles. The van der Waals surface area contributed by atoms with Gasteiger partial charge < -0.3 is 4.90 Å². The highest BCUT2D eigenvalue weighted by atomic mass is 15.2. The summed E-state index contributed by atoms with van der Waals surface area (Å²) in [5, 5.41) is 0. The van der Waals surface area contributed by atoms with E-state index in [1.807, 2.05) is 27.7 Å². The third kappa shape index (κ3) is 6.52. The molecule has 0 aliphatic carbocycles. The maximum atomic E-state index is 2.61. The Labute approximate surface area is 105 Å². The minimum Gasteiger partial charge on any atom is -0.301 e. The highest BCUT2D eigenvalue weighted by molar-refractivity contribution is 4.78. The van der Waals surface area contributed by atoms with Crippen LogP contribution in [-0.2, 0) is 0 Å². The van der Waals surface area contributed by atoms with Crippen LogP contribution in [0.5, 0.6) is 0 Å². The van der Waals surface area contributed by atoms with Gasteiger partial charge in [0, 0.05) is 12.6 Å². The zero-order valence-electron chi connectivity index (χ0n) is 13.0. The first-order chi connectivity index (χ1) is 7.65. The Balaban J connectivity index is 0. The Morgan fingerprint density at radius 1 is 1.12 bits per heavy atom. The molecule has 1 heterocycles. The second-order valence-corrected chi connectivity index (χ2v) is 4.52. The average molecular weight is 229 g/mol. The van der Waals surface area contributed by atoms with E-state index in [0.717, 1.165) is 17.9 Å². The van der Waals surface area contributed by atoms with Crippen LogP contribution in [0, 0.1) is 11.8 Å². The van der Waals surface area contributed by atoms with Gasteiger partial charge in [-0.2, -0.15) is 0 Å². The SMILES string of the molecule is CC.CC.CCC1CCN(C(C)C)CC1C. The maximum absolute atomic E-state index is 2.61. The van der Waals surface area contributed by atoms with E-state index in [0.29, 0.717) is 0 Å². The van der Waals surface area contributed by atoms with Crippen LogP contribution < -0.4 is 0 Å². The van der Waals surface area contributed by atoms with Gasteiger partial charge >= 0.3 is 0 Å². The van der Waals surface area contributed by atoms with Crippen molar-refractivity contribution in [1.82, 2.24) is 4.90 Å². The standard InChI is InChI=1S/C11H23N.2C2H6/c1-5-11-6-7-12(9(2)3)8-10(11)4;2*1-2/h9-11H,5-8H2,1-4H3;2*1-2H3. The van der Waals surface area contributed by atoms with E-state index >= 15 is 0 Å². The zero-order valence-corrected chi connectivity index (χ0v) is 13.0. The van der Waals surface area contributed by atoms with Gasteiger partial charge in [-0.25, -0.2) is 0 Å². The highest BCUT2D eigenvalue weighted by Gasteiger charge is 2.25. The first-order valence-corrected chi connectivity index (χ1v) is 7.39. The molecule has 2 atom stereocenters. The lowest BCUT2D eigenvalue weighted by Gasteiger charge is -2.38. The normalized spacial score (nSPS) is 25.3. The molecular weight excluding hydrogens is 194 g/mol. The summed E-state index contributed by atoms with van der Waals surface area (Å²) in [5.74, 6) is 1.89. The van der Waals surface area contributed by atoms with Crippen molar-refractivity contribution in [3.63, 3.8) is 0 Å². The van der Waals surface area contributed by atoms with Gasteiger partial charge in [-0.3, -0.25) is 0 Å². The van der Waals surface area contributed by atoms with Gasteiger partial charge in [0.2, 0.25) is 0 Å².